The summed E-state index contributed by atoms with van der Waals surface area (Å²) in [6.07, 6.45) is -1.47. The van der Waals surface area contributed by atoms with Crippen molar-refractivity contribution in [3.05, 3.63) is 0 Å². The minimum Gasteiger partial charge on any atom is -0.465 e. The molecule has 1 aliphatic heterocycles. The second kappa shape index (κ2) is 2.88. The Morgan fingerprint density at radius 2 is 2.25 bits per heavy atom. The van der Waals surface area contributed by atoms with Gasteiger partial charge in [-0.05, 0) is 0 Å². The molecule has 0 aliphatic carbocycles. The second-order valence-corrected chi connectivity index (χ2v) is 3.14. The van der Waals surface area contributed by atoms with E-state index in [2.05, 4.69) is 0 Å². The van der Waals surface area contributed by atoms with Crippen LogP contribution in [-0.4, -0.2) is 35.1 Å². The number of piperidine rings is 1. The lowest BCUT2D eigenvalue weighted by atomic mass is 9.96. The first-order valence-corrected chi connectivity index (χ1v) is 3.79. The Morgan fingerprint density at radius 1 is 1.67 bits per heavy atom. The number of likely N-dealkylation sites (tertiary alicyclic amines) is 1. The first-order valence-electron chi connectivity index (χ1n) is 3.79. The minimum atomic E-state index is -2.70. The van der Waals surface area contributed by atoms with Crippen LogP contribution in [0.25, 0.3) is 0 Å². The molecule has 1 rings (SSSR count). The van der Waals surface area contributed by atoms with Crippen LogP contribution in [0.2, 0.25) is 0 Å². The number of carboxylic acid groups (broad SMARTS) is 1. The lowest BCUT2D eigenvalue weighted by Gasteiger charge is -2.34. The van der Waals surface area contributed by atoms with Gasteiger partial charge in [-0.2, -0.15) is 0 Å². The number of rotatable bonds is 0. The maximum Gasteiger partial charge on any atom is 0.407 e. The van der Waals surface area contributed by atoms with Gasteiger partial charge in [-0.1, -0.05) is 6.92 Å². The summed E-state index contributed by atoms with van der Waals surface area (Å²) in [5.41, 5.74) is 0. The molecule has 5 heteroatoms. The first kappa shape index (κ1) is 9.22. The Bertz CT molecular complexity index is 196. The van der Waals surface area contributed by atoms with Crippen LogP contribution in [0.1, 0.15) is 13.3 Å². The zero-order chi connectivity index (χ0) is 9.35. The average molecular weight is 179 g/mol. The Morgan fingerprint density at radius 3 is 2.67 bits per heavy atom. The highest BCUT2D eigenvalue weighted by Gasteiger charge is 2.42. The van der Waals surface area contributed by atoms with E-state index in [0.717, 1.165) is 4.90 Å². The molecule has 0 aromatic carbocycles. The average Bonchev–Trinajstić information content (AvgIpc) is 1.94. The molecule has 12 heavy (non-hydrogen) atoms. The van der Waals surface area contributed by atoms with Gasteiger partial charge < -0.3 is 10.0 Å². The summed E-state index contributed by atoms with van der Waals surface area (Å²) >= 11 is 0. The minimum absolute atomic E-state index is 0.0628. The molecule has 1 unspecified atom stereocenters. The van der Waals surface area contributed by atoms with Gasteiger partial charge in [-0.25, -0.2) is 13.6 Å². The van der Waals surface area contributed by atoms with Crippen LogP contribution in [0, 0.1) is 5.92 Å². The van der Waals surface area contributed by atoms with Crippen molar-refractivity contribution in [3.8, 4) is 0 Å². The largest absolute Gasteiger partial charge is 0.465 e. The van der Waals surface area contributed by atoms with Crippen molar-refractivity contribution < 1.29 is 18.7 Å². The molecular weight excluding hydrogens is 168 g/mol. The molecular formula is C7H11F2NO2. The van der Waals surface area contributed by atoms with Crippen LogP contribution >= 0.6 is 0 Å². The van der Waals surface area contributed by atoms with E-state index in [1.807, 2.05) is 0 Å². The summed E-state index contributed by atoms with van der Waals surface area (Å²) in [6, 6.07) is 0. The Hall–Kier alpha value is -0.870. The maximum atomic E-state index is 12.8. The van der Waals surface area contributed by atoms with Gasteiger partial charge in [0.25, 0.3) is 5.92 Å². The van der Waals surface area contributed by atoms with Crippen LogP contribution in [-0.2, 0) is 0 Å². The van der Waals surface area contributed by atoms with Crippen molar-refractivity contribution in [2.75, 3.05) is 13.1 Å². The van der Waals surface area contributed by atoms with Crippen LogP contribution < -0.4 is 0 Å². The molecule has 3 nitrogen and oxygen atoms in total. The van der Waals surface area contributed by atoms with Crippen molar-refractivity contribution >= 4 is 6.09 Å². The topological polar surface area (TPSA) is 40.5 Å². The van der Waals surface area contributed by atoms with Crippen molar-refractivity contribution in [3.63, 3.8) is 0 Å². The predicted octanol–water partition coefficient (Wildman–Crippen LogP) is 1.64. The summed E-state index contributed by atoms with van der Waals surface area (Å²) in [5.74, 6) is -3.58. The number of carbonyl (C=O) groups is 1. The molecule has 1 aliphatic rings. The van der Waals surface area contributed by atoms with Crippen molar-refractivity contribution in [2.45, 2.75) is 19.3 Å². The van der Waals surface area contributed by atoms with Gasteiger partial charge in [0.15, 0.2) is 0 Å². The number of nitrogens with zero attached hydrogens (tertiary/aromatic N) is 1. The summed E-state index contributed by atoms with van der Waals surface area (Å²) in [4.78, 5) is 11.4. The van der Waals surface area contributed by atoms with Gasteiger partial charge in [0.2, 0.25) is 0 Å². The normalized spacial score (nSPS) is 28.6. The second-order valence-electron chi connectivity index (χ2n) is 3.14. The summed E-state index contributed by atoms with van der Waals surface area (Å²) in [5, 5.41) is 8.51. The molecule has 1 amide bonds. The third-order valence-electron chi connectivity index (χ3n) is 2.20. The summed E-state index contributed by atoms with van der Waals surface area (Å²) < 4.78 is 25.6. The van der Waals surface area contributed by atoms with Crippen LogP contribution in [0.3, 0.4) is 0 Å². The number of hydrogen-bond donors (Lipinski definition) is 1. The van der Waals surface area contributed by atoms with E-state index in [9.17, 15) is 13.6 Å². The lowest BCUT2D eigenvalue weighted by Crippen LogP contribution is -2.47. The van der Waals surface area contributed by atoms with E-state index in [1.54, 1.807) is 0 Å². The fourth-order valence-corrected chi connectivity index (χ4v) is 1.26. The van der Waals surface area contributed by atoms with Gasteiger partial charge in [0, 0.05) is 25.4 Å². The van der Waals surface area contributed by atoms with Crippen LogP contribution in [0.4, 0.5) is 13.6 Å². The van der Waals surface area contributed by atoms with E-state index in [4.69, 9.17) is 5.11 Å². The SMILES string of the molecule is CC1CN(C(=O)O)CCC1(F)F. The highest BCUT2D eigenvalue weighted by Crippen LogP contribution is 2.32. The summed E-state index contributed by atoms with van der Waals surface area (Å²) in [6.45, 7) is 1.24. The van der Waals surface area contributed by atoms with E-state index >= 15 is 0 Å². The third kappa shape index (κ3) is 1.65. The fourth-order valence-electron chi connectivity index (χ4n) is 1.26. The molecule has 1 fully saturated rings. The van der Waals surface area contributed by atoms with Crippen molar-refractivity contribution in [2.24, 2.45) is 5.92 Å². The number of halogens is 2. The quantitative estimate of drug-likeness (QED) is 0.614. The Balaban J connectivity index is 2.58. The van der Waals surface area contributed by atoms with E-state index in [0.29, 0.717) is 0 Å². The predicted molar refractivity (Wildman–Crippen MR) is 38.3 cm³/mol. The zero-order valence-electron chi connectivity index (χ0n) is 6.76. The van der Waals surface area contributed by atoms with E-state index in [1.165, 1.54) is 6.92 Å². The molecule has 1 saturated heterocycles. The number of alkyl halides is 2. The lowest BCUT2D eigenvalue weighted by molar-refractivity contribution is -0.0933. The maximum absolute atomic E-state index is 12.8. The van der Waals surface area contributed by atoms with Gasteiger partial charge >= 0.3 is 6.09 Å². The monoisotopic (exact) mass is 179 g/mol. The molecule has 0 aromatic heterocycles. The van der Waals surface area contributed by atoms with Gasteiger partial charge in [0.1, 0.15) is 0 Å². The third-order valence-corrected chi connectivity index (χ3v) is 2.20. The standard InChI is InChI=1S/C7H11F2NO2/c1-5-4-10(6(11)12)3-2-7(5,8)9/h5H,2-4H2,1H3,(H,11,12). The Labute approximate surface area is 69.0 Å². The van der Waals surface area contributed by atoms with Gasteiger partial charge in [0.05, 0.1) is 0 Å². The first-order chi connectivity index (χ1) is 5.43. The Kier molecular flexibility index (Phi) is 2.21. The molecule has 1 N–H and O–H groups in total. The number of hydrogen-bond acceptors (Lipinski definition) is 1. The highest BCUT2D eigenvalue weighted by atomic mass is 19.3. The zero-order valence-corrected chi connectivity index (χ0v) is 6.76. The molecule has 0 saturated carbocycles. The molecule has 0 aromatic rings. The molecule has 70 valence electrons. The van der Waals surface area contributed by atoms with E-state index < -0.39 is 17.9 Å². The highest BCUT2D eigenvalue weighted by molar-refractivity contribution is 5.65. The van der Waals surface area contributed by atoms with Crippen LogP contribution in [0.5, 0.6) is 0 Å². The van der Waals surface area contributed by atoms with Crippen molar-refractivity contribution in [1.82, 2.24) is 4.90 Å². The molecule has 0 bridgehead atoms. The van der Waals surface area contributed by atoms with Crippen LogP contribution in [0.15, 0.2) is 0 Å². The molecule has 0 spiro atoms. The summed E-state index contributed by atoms with van der Waals surface area (Å²) in [7, 11) is 0. The molecule has 1 atom stereocenters. The fraction of sp³-hybridized carbons (Fsp3) is 0.857. The molecule has 1 heterocycles. The molecule has 0 radical (unpaired) electrons. The van der Waals surface area contributed by atoms with Gasteiger partial charge in [-0.15, -0.1) is 0 Å². The van der Waals surface area contributed by atoms with E-state index in [-0.39, 0.29) is 19.5 Å². The van der Waals surface area contributed by atoms with Gasteiger partial charge in [-0.3, -0.25) is 0 Å². The smallest absolute Gasteiger partial charge is 0.407 e. The van der Waals surface area contributed by atoms with Crippen molar-refractivity contribution in [1.29, 1.82) is 0 Å². The number of amides is 1.